The molecule has 2 heterocycles. The van der Waals surface area contributed by atoms with Gasteiger partial charge in [0.2, 0.25) is 0 Å². The van der Waals surface area contributed by atoms with Gasteiger partial charge in [0.15, 0.2) is 0 Å². The molecule has 0 unspecified atom stereocenters. The highest BCUT2D eigenvalue weighted by molar-refractivity contribution is 9.10. The molecule has 0 amide bonds. The van der Waals surface area contributed by atoms with E-state index in [1.807, 2.05) is 24.4 Å². The lowest BCUT2D eigenvalue weighted by Gasteiger charge is -2.04. The van der Waals surface area contributed by atoms with Crippen LogP contribution in [0, 0.1) is 0 Å². The van der Waals surface area contributed by atoms with Crippen molar-refractivity contribution >= 4 is 21.7 Å². The third-order valence-corrected chi connectivity index (χ3v) is 2.28. The summed E-state index contributed by atoms with van der Waals surface area (Å²) < 4.78 is 2.60. The van der Waals surface area contributed by atoms with E-state index >= 15 is 0 Å². The smallest absolute Gasteiger partial charge is 0.127 e. The van der Waals surface area contributed by atoms with E-state index in [1.54, 1.807) is 10.9 Å². The molecule has 6 heteroatoms. The fraction of sp³-hybridized carbons (Fsp3) is 0.222. The Morgan fingerprint density at radius 2 is 2.33 bits per heavy atom. The zero-order chi connectivity index (χ0) is 10.5. The fourth-order valence-corrected chi connectivity index (χ4v) is 1.50. The summed E-state index contributed by atoms with van der Waals surface area (Å²) in [5, 5.41) is 10.8. The minimum Gasteiger partial charge on any atom is -0.368 e. The predicted molar refractivity (Wildman–Crippen MR) is 60.4 cm³/mol. The van der Waals surface area contributed by atoms with Crippen LogP contribution in [0.1, 0.15) is 0 Å². The summed E-state index contributed by atoms with van der Waals surface area (Å²) in [6.45, 7) is 1.54. The second kappa shape index (κ2) is 4.88. The van der Waals surface area contributed by atoms with Crippen molar-refractivity contribution in [1.82, 2.24) is 20.0 Å². The highest BCUT2D eigenvalue weighted by Gasteiger charge is 1.95. The molecule has 0 aliphatic carbocycles. The van der Waals surface area contributed by atoms with Crippen molar-refractivity contribution < 1.29 is 0 Å². The van der Waals surface area contributed by atoms with Gasteiger partial charge in [-0.05, 0) is 28.1 Å². The molecule has 0 saturated heterocycles. The first-order valence-electron chi connectivity index (χ1n) is 4.55. The summed E-state index contributed by atoms with van der Waals surface area (Å²) >= 11 is 3.31. The van der Waals surface area contributed by atoms with Crippen molar-refractivity contribution in [2.75, 3.05) is 11.9 Å². The van der Waals surface area contributed by atoms with Gasteiger partial charge >= 0.3 is 0 Å². The lowest BCUT2D eigenvalue weighted by Crippen LogP contribution is -2.11. The molecule has 78 valence electrons. The molecule has 0 fully saturated rings. The lowest BCUT2D eigenvalue weighted by molar-refractivity contribution is 0.608. The predicted octanol–water partition coefficient (Wildman–Crippen LogP) is 1.55. The van der Waals surface area contributed by atoms with Crippen LogP contribution in [0.25, 0.3) is 0 Å². The summed E-state index contributed by atoms with van der Waals surface area (Å²) in [5.74, 6) is 0.851. The first-order valence-corrected chi connectivity index (χ1v) is 5.34. The van der Waals surface area contributed by atoms with Crippen molar-refractivity contribution in [3.8, 4) is 0 Å². The molecule has 0 atom stereocenters. The number of anilines is 1. The molecular formula is C9H10BrN5. The fourth-order valence-electron chi connectivity index (χ4n) is 1.16. The van der Waals surface area contributed by atoms with Crippen LogP contribution in [0.2, 0.25) is 0 Å². The Kier molecular flexibility index (Phi) is 3.29. The van der Waals surface area contributed by atoms with Crippen molar-refractivity contribution in [3.63, 3.8) is 0 Å². The zero-order valence-electron chi connectivity index (χ0n) is 7.97. The molecular weight excluding hydrogens is 258 g/mol. The standard InChI is InChI=1S/C9H10BrN5/c10-8-2-1-3-9(13-8)11-4-6-15-7-5-12-14-15/h1-3,5,7H,4,6H2,(H,11,13). The van der Waals surface area contributed by atoms with Crippen LogP contribution < -0.4 is 5.32 Å². The van der Waals surface area contributed by atoms with Gasteiger partial charge in [0.1, 0.15) is 10.4 Å². The number of rotatable bonds is 4. The topological polar surface area (TPSA) is 55.6 Å². The van der Waals surface area contributed by atoms with Crippen LogP contribution in [0.4, 0.5) is 5.82 Å². The molecule has 0 spiro atoms. The highest BCUT2D eigenvalue weighted by atomic mass is 79.9. The van der Waals surface area contributed by atoms with Crippen molar-refractivity contribution in [2.24, 2.45) is 0 Å². The number of aromatic nitrogens is 4. The molecule has 0 radical (unpaired) electrons. The number of pyridine rings is 1. The molecule has 15 heavy (non-hydrogen) atoms. The molecule has 0 aliphatic heterocycles. The second-order valence-electron chi connectivity index (χ2n) is 2.94. The molecule has 2 aromatic heterocycles. The van der Waals surface area contributed by atoms with E-state index < -0.39 is 0 Å². The Morgan fingerprint density at radius 3 is 3.07 bits per heavy atom. The minimum absolute atomic E-state index is 0.771. The van der Waals surface area contributed by atoms with Crippen LogP contribution in [0.3, 0.4) is 0 Å². The quantitative estimate of drug-likeness (QED) is 0.855. The Morgan fingerprint density at radius 1 is 1.40 bits per heavy atom. The minimum atomic E-state index is 0.771. The first kappa shape index (κ1) is 10.1. The summed E-state index contributed by atoms with van der Waals surface area (Å²) in [6, 6.07) is 5.75. The maximum absolute atomic E-state index is 4.25. The van der Waals surface area contributed by atoms with E-state index in [9.17, 15) is 0 Å². The molecule has 1 N–H and O–H groups in total. The Balaban J connectivity index is 1.83. The number of halogens is 1. The van der Waals surface area contributed by atoms with E-state index in [4.69, 9.17) is 0 Å². The third-order valence-electron chi connectivity index (χ3n) is 1.83. The largest absolute Gasteiger partial charge is 0.368 e. The maximum atomic E-state index is 4.25. The van der Waals surface area contributed by atoms with Crippen molar-refractivity contribution in [2.45, 2.75) is 6.54 Å². The second-order valence-corrected chi connectivity index (χ2v) is 3.75. The van der Waals surface area contributed by atoms with Gasteiger partial charge in [-0.3, -0.25) is 4.68 Å². The van der Waals surface area contributed by atoms with Gasteiger partial charge in [0, 0.05) is 12.7 Å². The molecule has 0 saturated carbocycles. The van der Waals surface area contributed by atoms with E-state index in [0.717, 1.165) is 23.5 Å². The van der Waals surface area contributed by atoms with E-state index in [-0.39, 0.29) is 0 Å². The third kappa shape index (κ3) is 3.02. The van der Waals surface area contributed by atoms with E-state index in [1.165, 1.54) is 0 Å². The average molecular weight is 268 g/mol. The van der Waals surface area contributed by atoms with Crippen LogP contribution in [-0.4, -0.2) is 26.5 Å². The van der Waals surface area contributed by atoms with Gasteiger partial charge < -0.3 is 5.32 Å². The normalized spacial score (nSPS) is 10.2. The van der Waals surface area contributed by atoms with Gasteiger partial charge in [-0.15, -0.1) is 5.10 Å². The van der Waals surface area contributed by atoms with Gasteiger partial charge in [-0.2, -0.15) is 0 Å². The molecule has 0 aromatic carbocycles. The van der Waals surface area contributed by atoms with Gasteiger partial charge in [0.05, 0.1) is 12.7 Å². The summed E-state index contributed by atoms with van der Waals surface area (Å²) in [4.78, 5) is 4.25. The molecule has 0 aliphatic rings. The Labute approximate surface area is 95.7 Å². The van der Waals surface area contributed by atoms with Crippen LogP contribution >= 0.6 is 15.9 Å². The number of nitrogens with zero attached hydrogens (tertiary/aromatic N) is 4. The highest BCUT2D eigenvalue weighted by Crippen LogP contribution is 2.09. The summed E-state index contributed by atoms with van der Waals surface area (Å²) in [7, 11) is 0. The lowest BCUT2D eigenvalue weighted by atomic mass is 10.4. The number of hydrogen-bond donors (Lipinski definition) is 1. The number of hydrogen-bond acceptors (Lipinski definition) is 4. The number of nitrogens with one attached hydrogen (secondary N) is 1. The summed E-state index contributed by atoms with van der Waals surface area (Å²) in [6.07, 6.45) is 3.49. The SMILES string of the molecule is Brc1cccc(NCCn2ccnn2)n1. The Bertz CT molecular complexity index is 414. The van der Waals surface area contributed by atoms with Crippen molar-refractivity contribution in [1.29, 1.82) is 0 Å². The zero-order valence-corrected chi connectivity index (χ0v) is 9.55. The maximum Gasteiger partial charge on any atom is 0.127 e. The van der Waals surface area contributed by atoms with Gasteiger partial charge in [0.25, 0.3) is 0 Å². The van der Waals surface area contributed by atoms with E-state index in [2.05, 4.69) is 36.5 Å². The molecule has 2 rings (SSSR count). The van der Waals surface area contributed by atoms with Gasteiger partial charge in [-0.25, -0.2) is 4.98 Å². The van der Waals surface area contributed by atoms with Crippen LogP contribution in [0.5, 0.6) is 0 Å². The molecule has 0 bridgehead atoms. The monoisotopic (exact) mass is 267 g/mol. The first-order chi connectivity index (χ1) is 7.34. The van der Waals surface area contributed by atoms with Crippen LogP contribution in [-0.2, 0) is 6.54 Å². The average Bonchev–Trinajstić information content (AvgIpc) is 2.71. The summed E-state index contributed by atoms with van der Waals surface area (Å²) in [5.41, 5.74) is 0. The van der Waals surface area contributed by atoms with Gasteiger partial charge in [-0.1, -0.05) is 11.3 Å². The van der Waals surface area contributed by atoms with Crippen molar-refractivity contribution in [3.05, 3.63) is 35.2 Å². The molecule has 5 nitrogen and oxygen atoms in total. The Hall–Kier alpha value is -1.43. The van der Waals surface area contributed by atoms with E-state index in [0.29, 0.717) is 0 Å². The van der Waals surface area contributed by atoms with Crippen LogP contribution in [0.15, 0.2) is 35.2 Å². The molecule has 2 aromatic rings.